The van der Waals surface area contributed by atoms with Crippen LogP contribution in [0.1, 0.15) is 60.4 Å². The minimum atomic E-state index is -0.405. The number of hydrogen-bond acceptors (Lipinski definition) is 6. The topological polar surface area (TPSA) is 90.7 Å². The van der Waals surface area contributed by atoms with Crippen molar-refractivity contribution in [2.24, 2.45) is 0 Å². The molecule has 1 heterocycles. The zero-order valence-electron chi connectivity index (χ0n) is 18.4. The number of anilines is 1. The third-order valence-electron chi connectivity index (χ3n) is 4.76. The molecule has 0 saturated carbocycles. The Bertz CT molecular complexity index is 1010. The fraction of sp³-hybridized carbons (Fsp3) is 0.320. The molecule has 168 valence electrons. The van der Waals surface area contributed by atoms with Crippen LogP contribution in [0, 0.1) is 0 Å². The van der Waals surface area contributed by atoms with Crippen molar-refractivity contribution in [3.8, 4) is 17.1 Å². The van der Waals surface area contributed by atoms with Crippen LogP contribution in [-0.2, 0) is 4.74 Å². The highest BCUT2D eigenvalue weighted by molar-refractivity contribution is 6.03. The number of nitrogens with zero attached hydrogens (tertiary/aromatic N) is 1. The number of carbonyl (C=O) groups excluding carboxylic acids is 2. The second-order valence-electron chi connectivity index (χ2n) is 7.32. The summed E-state index contributed by atoms with van der Waals surface area (Å²) in [5.74, 6) is 0.495. The maximum Gasteiger partial charge on any atom is 0.338 e. The molecule has 0 bridgehead atoms. The lowest BCUT2D eigenvalue weighted by molar-refractivity contribution is 0.0499. The molecule has 2 aromatic carbocycles. The Balaban J connectivity index is 1.57. The van der Waals surface area contributed by atoms with Crippen LogP contribution in [-0.4, -0.2) is 30.2 Å². The smallest absolute Gasteiger partial charge is 0.338 e. The number of unbranched alkanes of at least 4 members (excludes halogenated alkanes) is 2. The van der Waals surface area contributed by atoms with Crippen LogP contribution in [0.3, 0.4) is 0 Å². The van der Waals surface area contributed by atoms with Crippen molar-refractivity contribution in [1.29, 1.82) is 0 Å². The Morgan fingerprint density at radius 3 is 2.31 bits per heavy atom. The van der Waals surface area contributed by atoms with E-state index in [-0.39, 0.29) is 11.7 Å². The highest BCUT2D eigenvalue weighted by atomic mass is 16.5. The zero-order valence-corrected chi connectivity index (χ0v) is 18.4. The molecule has 1 amide bonds. The number of aromatic nitrogens is 1. The number of carbonyl (C=O) groups is 2. The van der Waals surface area contributed by atoms with Crippen LogP contribution in [0.4, 0.5) is 5.69 Å². The van der Waals surface area contributed by atoms with Gasteiger partial charge in [0.15, 0.2) is 11.5 Å². The number of rotatable bonds is 11. The molecule has 3 aromatic rings. The molecule has 0 fully saturated rings. The van der Waals surface area contributed by atoms with Crippen LogP contribution in [0.25, 0.3) is 11.3 Å². The monoisotopic (exact) mass is 436 g/mol. The molecule has 32 heavy (non-hydrogen) atoms. The molecule has 0 atom stereocenters. The van der Waals surface area contributed by atoms with Gasteiger partial charge in [-0.05, 0) is 61.4 Å². The minimum Gasteiger partial charge on any atom is -0.494 e. The zero-order chi connectivity index (χ0) is 22.8. The Morgan fingerprint density at radius 1 is 0.938 bits per heavy atom. The molecule has 0 saturated heterocycles. The average Bonchev–Trinajstić information content (AvgIpc) is 3.31. The predicted molar refractivity (Wildman–Crippen MR) is 122 cm³/mol. The van der Waals surface area contributed by atoms with Gasteiger partial charge in [0.25, 0.3) is 5.91 Å². The second kappa shape index (κ2) is 11.7. The molecule has 0 aliphatic rings. The minimum absolute atomic E-state index is 0.159. The summed E-state index contributed by atoms with van der Waals surface area (Å²) in [6.07, 6.45) is 3.88. The summed E-state index contributed by atoms with van der Waals surface area (Å²) < 4.78 is 16.2. The standard InChI is InChI=1S/C25H28N2O5/c1-3-5-15-30-21-13-9-18(10-14-21)23-17-22(27-32-23)24(28)26-20-11-7-19(8-12-20)25(29)31-16-6-4-2/h7-14,17H,3-6,15-16H2,1-2H3,(H,26,28). The molecule has 0 radical (unpaired) electrons. The molecule has 7 heteroatoms. The van der Waals surface area contributed by atoms with Crippen LogP contribution >= 0.6 is 0 Å². The molecule has 7 nitrogen and oxygen atoms in total. The molecule has 0 aliphatic heterocycles. The van der Waals surface area contributed by atoms with Crippen molar-refractivity contribution in [3.05, 3.63) is 65.9 Å². The number of hydrogen-bond donors (Lipinski definition) is 1. The van der Waals surface area contributed by atoms with E-state index in [1.807, 2.05) is 31.2 Å². The van der Waals surface area contributed by atoms with Crippen LogP contribution < -0.4 is 10.1 Å². The van der Waals surface area contributed by atoms with E-state index in [4.69, 9.17) is 14.0 Å². The van der Waals surface area contributed by atoms with Gasteiger partial charge in [0.05, 0.1) is 18.8 Å². The summed E-state index contributed by atoms with van der Waals surface area (Å²) in [5, 5.41) is 6.61. The summed E-state index contributed by atoms with van der Waals surface area (Å²) in [6.45, 7) is 5.23. The first kappa shape index (κ1) is 23.1. The van der Waals surface area contributed by atoms with E-state index in [9.17, 15) is 9.59 Å². The second-order valence-corrected chi connectivity index (χ2v) is 7.32. The van der Waals surface area contributed by atoms with E-state index < -0.39 is 5.91 Å². The van der Waals surface area contributed by atoms with Gasteiger partial charge < -0.3 is 19.3 Å². The van der Waals surface area contributed by atoms with Gasteiger partial charge in [0.1, 0.15) is 5.75 Å². The Morgan fingerprint density at radius 2 is 1.62 bits per heavy atom. The van der Waals surface area contributed by atoms with Gasteiger partial charge in [-0.1, -0.05) is 31.8 Å². The molecule has 3 rings (SSSR count). The number of benzene rings is 2. The maximum absolute atomic E-state index is 12.5. The molecule has 0 spiro atoms. The summed E-state index contributed by atoms with van der Waals surface area (Å²) in [5.41, 5.74) is 1.93. The summed E-state index contributed by atoms with van der Waals surface area (Å²) in [4.78, 5) is 24.5. The van der Waals surface area contributed by atoms with Gasteiger partial charge in [-0.15, -0.1) is 0 Å². The number of esters is 1. The van der Waals surface area contributed by atoms with E-state index in [0.717, 1.165) is 37.0 Å². The maximum atomic E-state index is 12.5. The first-order valence-electron chi connectivity index (χ1n) is 10.9. The van der Waals surface area contributed by atoms with E-state index >= 15 is 0 Å². The number of nitrogens with one attached hydrogen (secondary N) is 1. The lowest BCUT2D eigenvalue weighted by Gasteiger charge is -2.06. The number of amides is 1. The van der Waals surface area contributed by atoms with E-state index in [1.165, 1.54) is 0 Å². The molecule has 1 N–H and O–H groups in total. The lowest BCUT2D eigenvalue weighted by atomic mass is 10.1. The predicted octanol–water partition coefficient (Wildman–Crippen LogP) is 5.73. The van der Waals surface area contributed by atoms with Gasteiger partial charge in [-0.25, -0.2) is 4.79 Å². The summed E-state index contributed by atoms with van der Waals surface area (Å²) in [6, 6.07) is 15.6. The van der Waals surface area contributed by atoms with Crippen molar-refractivity contribution in [3.63, 3.8) is 0 Å². The van der Waals surface area contributed by atoms with Gasteiger partial charge in [0.2, 0.25) is 0 Å². The van der Waals surface area contributed by atoms with E-state index in [1.54, 1.807) is 30.3 Å². The van der Waals surface area contributed by atoms with Crippen LogP contribution in [0.5, 0.6) is 5.75 Å². The molecule has 1 aromatic heterocycles. The summed E-state index contributed by atoms with van der Waals surface area (Å²) >= 11 is 0. The SMILES string of the molecule is CCCCOC(=O)c1ccc(NC(=O)c2cc(-c3ccc(OCCCC)cc3)on2)cc1. The van der Waals surface area contributed by atoms with Crippen molar-refractivity contribution in [1.82, 2.24) is 5.16 Å². The normalized spacial score (nSPS) is 10.6. The van der Waals surface area contributed by atoms with E-state index in [0.29, 0.717) is 30.2 Å². The van der Waals surface area contributed by atoms with Gasteiger partial charge in [0, 0.05) is 17.3 Å². The van der Waals surface area contributed by atoms with E-state index in [2.05, 4.69) is 17.4 Å². The fourth-order valence-electron chi connectivity index (χ4n) is 2.85. The van der Waals surface area contributed by atoms with Gasteiger partial charge in [-0.2, -0.15) is 0 Å². The van der Waals surface area contributed by atoms with Crippen molar-refractivity contribution in [2.45, 2.75) is 39.5 Å². The summed E-state index contributed by atoms with van der Waals surface area (Å²) in [7, 11) is 0. The Kier molecular flexibility index (Phi) is 8.43. The number of ether oxygens (including phenoxy) is 2. The highest BCUT2D eigenvalue weighted by Crippen LogP contribution is 2.24. The third-order valence-corrected chi connectivity index (χ3v) is 4.76. The molecule has 0 unspecified atom stereocenters. The van der Waals surface area contributed by atoms with Crippen molar-refractivity contribution >= 4 is 17.6 Å². The molecular formula is C25H28N2O5. The average molecular weight is 437 g/mol. The van der Waals surface area contributed by atoms with Gasteiger partial charge in [-0.3, -0.25) is 4.79 Å². The van der Waals surface area contributed by atoms with Gasteiger partial charge >= 0.3 is 5.97 Å². The highest BCUT2D eigenvalue weighted by Gasteiger charge is 2.15. The van der Waals surface area contributed by atoms with Crippen molar-refractivity contribution in [2.75, 3.05) is 18.5 Å². The molecular weight excluding hydrogens is 408 g/mol. The first-order valence-corrected chi connectivity index (χ1v) is 10.9. The fourth-order valence-corrected chi connectivity index (χ4v) is 2.85. The largest absolute Gasteiger partial charge is 0.494 e. The Hall–Kier alpha value is -3.61. The van der Waals surface area contributed by atoms with Crippen LogP contribution in [0.15, 0.2) is 59.1 Å². The first-order chi connectivity index (χ1) is 15.6. The quantitative estimate of drug-likeness (QED) is 0.305. The van der Waals surface area contributed by atoms with Crippen molar-refractivity contribution < 1.29 is 23.6 Å². The Labute approximate surface area is 187 Å². The lowest BCUT2D eigenvalue weighted by Crippen LogP contribution is -2.12. The molecule has 0 aliphatic carbocycles. The third kappa shape index (κ3) is 6.44. The van der Waals surface area contributed by atoms with Crippen LogP contribution in [0.2, 0.25) is 0 Å².